The van der Waals surface area contributed by atoms with Crippen molar-refractivity contribution in [2.24, 2.45) is 0 Å². The number of nitrogens with zero attached hydrogens (tertiary/aromatic N) is 1. The molecule has 1 atom stereocenters. The maximum atomic E-state index is 12.3. The lowest BCUT2D eigenvalue weighted by Gasteiger charge is -2.26. The number of hydrogen-bond donors (Lipinski definition) is 2. The predicted octanol–water partition coefficient (Wildman–Crippen LogP) is 2.54. The van der Waals surface area contributed by atoms with Crippen molar-refractivity contribution in [3.05, 3.63) is 56.0 Å². The SMILES string of the molecule is COc1ccc2c(c1Cl)C(O)N(Cc1c(C)cc(C)[nH]c1=O)CCO2. The molecule has 0 fully saturated rings. The Labute approximate surface area is 151 Å². The maximum absolute atomic E-state index is 12.3. The lowest BCUT2D eigenvalue weighted by atomic mass is 10.1. The Kier molecular flexibility index (Phi) is 5.03. The van der Waals surface area contributed by atoms with E-state index in [9.17, 15) is 9.90 Å². The molecule has 2 N–H and O–H groups in total. The summed E-state index contributed by atoms with van der Waals surface area (Å²) < 4.78 is 11.0. The van der Waals surface area contributed by atoms with Crippen LogP contribution in [0.4, 0.5) is 0 Å². The average Bonchev–Trinajstić information content (AvgIpc) is 2.71. The summed E-state index contributed by atoms with van der Waals surface area (Å²) in [5, 5.41) is 11.2. The van der Waals surface area contributed by atoms with E-state index in [0.29, 0.717) is 47.3 Å². The van der Waals surface area contributed by atoms with Gasteiger partial charge in [0, 0.05) is 24.3 Å². The van der Waals surface area contributed by atoms with E-state index in [2.05, 4.69) is 4.98 Å². The third kappa shape index (κ3) is 3.38. The normalized spacial score (nSPS) is 17.6. The Balaban J connectivity index is 1.98. The smallest absolute Gasteiger partial charge is 0.252 e. The summed E-state index contributed by atoms with van der Waals surface area (Å²) >= 11 is 6.39. The molecule has 25 heavy (non-hydrogen) atoms. The third-order valence-corrected chi connectivity index (χ3v) is 4.81. The molecule has 0 bridgehead atoms. The van der Waals surface area contributed by atoms with Crippen LogP contribution in [0.5, 0.6) is 11.5 Å². The zero-order chi connectivity index (χ0) is 18.1. The summed E-state index contributed by atoms with van der Waals surface area (Å²) in [4.78, 5) is 16.9. The van der Waals surface area contributed by atoms with Crippen molar-refractivity contribution in [2.45, 2.75) is 26.6 Å². The van der Waals surface area contributed by atoms with Gasteiger partial charge in [0.1, 0.15) is 24.3 Å². The second-order valence-electron chi connectivity index (χ2n) is 6.13. The minimum atomic E-state index is -1.000. The zero-order valence-electron chi connectivity index (χ0n) is 14.4. The number of aliphatic hydroxyl groups excluding tert-OH is 1. The van der Waals surface area contributed by atoms with E-state index in [-0.39, 0.29) is 5.56 Å². The molecule has 0 radical (unpaired) electrons. The minimum Gasteiger partial charge on any atom is -0.495 e. The van der Waals surface area contributed by atoms with Crippen LogP contribution in [0.2, 0.25) is 5.02 Å². The average molecular weight is 365 g/mol. The number of rotatable bonds is 3. The van der Waals surface area contributed by atoms with Gasteiger partial charge >= 0.3 is 0 Å². The summed E-state index contributed by atoms with van der Waals surface area (Å²) in [5.74, 6) is 0.990. The number of fused-ring (bicyclic) bond motifs is 1. The molecule has 1 aliphatic heterocycles. The molecule has 1 aliphatic rings. The highest BCUT2D eigenvalue weighted by Gasteiger charge is 2.29. The molecule has 1 unspecified atom stereocenters. The van der Waals surface area contributed by atoms with Crippen molar-refractivity contribution in [3.63, 3.8) is 0 Å². The first-order chi connectivity index (χ1) is 11.9. The molecular weight excluding hydrogens is 344 g/mol. The summed E-state index contributed by atoms with van der Waals surface area (Å²) in [7, 11) is 1.52. The van der Waals surface area contributed by atoms with Crippen LogP contribution in [0.1, 0.15) is 28.6 Å². The Morgan fingerprint density at radius 1 is 1.44 bits per heavy atom. The van der Waals surface area contributed by atoms with E-state index in [4.69, 9.17) is 21.1 Å². The zero-order valence-corrected chi connectivity index (χ0v) is 15.2. The fourth-order valence-corrected chi connectivity index (χ4v) is 3.43. The summed E-state index contributed by atoms with van der Waals surface area (Å²) in [6.07, 6.45) is -1.000. The van der Waals surface area contributed by atoms with Crippen LogP contribution in [0.3, 0.4) is 0 Å². The molecule has 0 spiro atoms. The van der Waals surface area contributed by atoms with Gasteiger partial charge in [-0.15, -0.1) is 0 Å². The first-order valence-electron chi connectivity index (χ1n) is 8.03. The van der Waals surface area contributed by atoms with Gasteiger partial charge in [0.05, 0.1) is 17.7 Å². The molecule has 0 saturated heterocycles. The summed E-state index contributed by atoms with van der Waals surface area (Å²) in [5.41, 5.74) is 2.62. The molecule has 6 nitrogen and oxygen atoms in total. The van der Waals surface area contributed by atoms with E-state index < -0.39 is 6.23 Å². The molecular formula is C18H21ClN2O4. The highest BCUT2D eigenvalue weighted by Crippen LogP contribution is 2.41. The van der Waals surface area contributed by atoms with Crippen molar-refractivity contribution < 1.29 is 14.6 Å². The van der Waals surface area contributed by atoms with Crippen LogP contribution in [0, 0.1) is 13.8 Å². The number of H-pyrrole nitrogens is 1. The second-order valence-corrected chi connectivity index (χ2v) is 6.51. The largest absolute Gasteiger partial charge is 0.495 e. The van der Waals surface area contributed by atoms with Crippen LogP contribution < -0.4 is 15.0 Å². The number of aromatic amines is 1. The number of aliphatic hydroxyl groups is 1. The van der Waals surface area contributed by atoms with E-state index in [1.165, 1.54) is 7.11 Å². The highest BCUT2D eigenvalue weighted by atomic mass is 35.5. The number of halogens is 1. The molecule has 1 aromatic carbocycles. The maximum Gasteiger partial charge on any atom is 0.252 e. The van der Waals surface area contributed by atoms with Crippen molar-refractivity contribution >= 4 is 11.6 Å². The third-order valence-electron chi connectivity index (χ3n) is 4.42. The lowest BCUT2D eigenvalue weighted by Crippen LogP contribution is -2.33. The molecule has 0 aliphatic carbocycles. The predicted molar refractivity (Wildman–Crippen MR) is 95.4 cm³/mol. The van der Waals surface area contributed by atoms with Gasteiger partial charge in [-0.1, -0.05) is 11.6 Å². The van der Waals surface area contributed by atoms with E-state index in [1.807, 2.05) is 19.9 Å². The highest BCUT2D eigenvalue weighted by molar-refractivity contribution is 6.33. The second kappa shape index (κ2) is 7.07. The van der Waals surface area contributed by atoms with Gasteiger partial charge < -0.3 is 19.6 Å². The Hall–Kier alpha value is -2.02. The first-order valence-corrected chi connectivity index (χ1v) is 8.41. The van der Waals surface area contributed by atoms with Crippen LogP contribution in [0.25, 0.3) is 0 Å². The lowest BCUT2D eigenvalue weighted by molar-refractivity contribution is -0.00254. The van der Waals surface area contributed by atoms with Crippen molar-refractivity contribution in [1.29, 1.82) is 0 Å². The number of hydrogen-bond acceptors (Lipinski definition) is 5. The Bertz CT molecular complexity index is 850. The molecule has 7 heteroatoms. The van der Waals surface area contributed by atoms with Crippen molar-refractivity contribution in [3.8, 4) is 11.5 Å². The molecule has 2 heterocycles. The number of pyridine rings is 1. The van der Waals surface area contributed by atoms with Gasteiger partial charge in [0.2, 0.25) is 0 Å². The van der Waals surface area contributed by atoms with Crippen molar-refractivity contribution in [2.75, 3.05) is 20.3 Å². The standard InChI is InChI=1S/C18H21ClN2O4/c1-10-8-11(2)20-17(22)12(10)9-21-6-7-25-13-4-5-14(24-3)16(19)15(13)18(21)23/h4-5,8,18,23H,6-7,9H2,1-3H3,(H,20,22). The number of ether oxygens (including phenoxy) is 2. The van der Waals surface area contributed by atoms with Gasteiger partial charge in [-0.2, -0.15) is 0 Å². The van der Waals surface area contributed by atoms with E-state index >= 15 is 0 Å². The molecule has 0 saturated carbocycles. The summed E-state index contributed by atoms with van der Waals surface area (Å²) in [6, 6.07) is 5.36. The quantitative estimate of drug-likeness (QED) is 0.875. The van der Waals surface area contributed by atoms with E-state index in [0.717, 1.165) is 11.3 Å². The molecule has 3 rings (SSSR count). The van der Waals surface area contributed by atoms with Crippen LogP contribution >= 0.6 is 11.6 Å². The number of benzene rings is 1. The minimum absolute atomic E-state index is 0.146. The fraction of sp³-hybridized carbons (Fsp3) is 0.389. The molecule has 0 amide bonds. The van der Waals surface area contributed by atoms with Gasteiger partial charge in [-0.25, -0.2) is 0 Å². The van der Waals surface area contributed by atoms with Gasteiger partial charge in [0.25, 0.3) is 5.56 Å². The first kappa shape index (κ1) is 17.8. The number of nitrogens with one attached hydrogen (secondary N) is 1. The van der Waals surface area contributed by atoms with Crippen molar-refractivity contribution in [1.82, 2.24) is 9.88 Å². The number of aryl methyl sites for hydroxylation is 2. The Morgan fingerprint density at radius 2 is 2.20 bits per heavy atom. The molecule has 2 aromatic rings. The number of aromatic nitrogens is 1. The number of methoxy groups -OCH3 is 1. The Morgan fingerprint density at radius 3 is 2.88 bits per heavy atom. The van der Waals surface area contributed by atoms with Crippen LogP contribution in [-0.4, -0.2) is 35.3 Å². The fourth-order valence-electron chi connectivity index (χ4n) is 3.10. The van der Waals surface area contributed by atoms with Gasteiger partial charge in [-0.3, -0.25) is 9.69 Å². The summed E-state index contributed by atoms with van der Waals surface area (Å²) in [6.45, 7) is 4.87. The monoisotopic (exact) mass is 364 g/mol. The topological polar surface area (TPSA) is 74.8 Å². The van der Waals surface area contributed by atoms with E-state index in [1.54, 1.807) is 17.0 Å². The van der Waals surface area contributed by atoms with Gasteiger partial charge in [0.15, 0.2) is 0 Å². The van der Waals surface area contributed by atoms with Crippen LogP contribution in [0.15, 0.2) is 23.0 Å². The molecule has 134 valence electrons. The molecule has 1 aromatic heterocycles. The van der Waals surface area contributed by atoms with Gasteiger partial charge in [-0.05, 0) is 37.6 Å². The van der Waals surface area contributed by atoms with Crippen LogP contribution in [-0.2, 0) is 6.54 Å².